The summed E-state index contributed by atoms with van der Waals surface area (Å²) in [6.07, 6.45) is 1.16. The summed E-state index contributed by atoms with van der Waals surface area (Å²) in [5.41, 5.74) is -0.145. The van der Waals surface area contributed by atoms with Crippen molar-refractivity contribution in [3.63, 3.8) is 0 Å². The van der Waals surface area contributed by atoms with Gasteiger partial charge in [-0.3, -0.25) is 0 Å². The summed E-state index contributed by atoms with van der Waals surface area (Å²) in [4.78, 5) is 12.0. The van der Waals surface area contributed by atoms with Gasteiger partial charge >= 0.3 is 12.2 Å². The number of nitrogens with one attached hydrogen (secondary N) is 2. The van der Waals surface area contributed by atoms with E-state index in [-0.39, 0.29) is 11.6 Å². The van der Waals surface area contributed by atoms with Crippen LogP contribution in [0.15, 0.2) is 24.3 Å². The van der Waals surface area contributed by atoms with Gasteiger partial charge in [-0.25, -0.2) is 4.79 Å². The van der Waals surface area contributed by atoms with Crippen LogP contribution in [0.2, 0.25) is 0 Å². The number of amides is 2. The Balaban J connectivity index is 1.57. The minimum Gasteiger partial charge on any atom is -0.394 e. The number of alkyl halides is 3. The zero-order chi connectivity index (χ0) is 17.4. The molecular formula is C17H21F3N2O2. The van der Waals surface area contributed by atoms with Crippen LogP contribution in [0.25, 0.3) is 0 Å². The molecule has 2 aliphatic rings. The molecule has 0 bridgehead atoms. The topological polar surface area (TPSA) is 61.4 Å². The Hall–Kier alpha value is -1.76. The zero-order valence-corrected chi connectivity index (χ0v) is 13.2. The predicted octanol–water partition coefficient (Wildman–Crippen LogP) is 3.37. The van der Waals surface area contributed by atoms with Crippen molar-refractivity contribution >= 4 is 6.03 Å². The molecule has 0 aliphatic heterocycles. The molecule has 24 heavy (non-hydrogen) atoms. The summed E-state index contributed by atoms with van der Waals surface area (Å²) < 4.78 is 38.3. The Morgan fingerprint density at radius 2 is 2.04 bits per heavy atom. The minimum atomic E-state index is -4.46. The first-order valence-corrected chi connectivity index (χ1v) is 8.16. The first kappa shape index (κ1) is 17.1. The van der Waals surface area contributed by atoms with Crippen molar-refractivity contribution in [1.82, 2.24) is 10.6 Å². The minimum absolute atomic E-state index is 0.117. The molecule has 1 aromatic carbocycles. The van der Waals surface area contributed by atoms with Crippen molar-refractivity contribution in [2.24, 2.45) is 5.41 Å². The Bertz CT molecular complexity index is 606. The van der Waals surface area contributed by atoms with Gasteiger partial charge in [0.25, 0.3) is 0 Å². The average Bonchev–Trinajstić information content (AvgIpc) is 2.45. The average molecular weight is 342 g/mol. The molecule has 0 aromatic heterocycles. The number of hydrogen-bond donors (Lipinski definition) is 3. The Kier molecular flexibility index (Phi) is 4.46. The van der Waals surface area contributed by atoms with E-state index in [9.17, 15) is 23.1 Å². The fraction of sp³-hybridized carbons (Fsp3) is 0.588. The third kappa shape index (κ3) is 3.50. The van der Waals surface area contributed by atoms with E-state index in [2.05, 4.69) is 10.6 Å². The lowest BCUT2D eigenvalue weighted by atomic mass is 9.54. The quantitative estimate of drug-likeness (QED) is 0.786. The molecule has 1 spiro atoms. The third-order valence-electron chi connectivity index (χ3n) is 5.21. The molecule has 0 heterocycles. The molecule has 0 saturated heterocycles. The van der Waals surface area contributed by atoms with E-state index in [1.54, 1.807) is 0 Å². The van der Waals surface area contributed by atoms with E-state index in [1.165, 1.54) is 31.4 Å². The van der Waals surface area contributed by atoms with Crippen molar-refractivity contribution in [3.8, 4) is 0 Å². The summed E-state index contributed by atoms with van der Waals surface area (Å²) in [6.45, 7) is -0.469. The molecule has 7 heteroatoms. The van der Waals surface area contributed by atoms with Crippen LogP contribution < -0.4 is 10.6 Å². The van der Waals surface area contributed by atoms with Crippen LogP contribution in [-0.4, -0.2) is 23.8 Å². The Morgan fingerprint density at radius 3 is 2.58 bits per heavy atom. The van der Waals surface area contributed by atoms with E-state index in [0.717, 1.165) is 25.0 Å². The summed E-state index contributed by atoms with van der Waals surface area (Å²) in [5.74, 6) is 0. The SMILES string of the molecule is O=C(NC1CC2(CCC2)C1)NC(CO)c1cccc(C(F)(F)F)c1. The molecule has 2 fully saturated rings. The second-order valence-corrected chi connectivity index (χ2v) is 6.93. The van der Waals surface area contributed by atoms with Gasteiger partial charge in [-0.1, -0.05) is 18.6 Å². The molecule has 4 nitrogen and oxygen atoms in total. The molecule has 1 unspecified atom stereocenters. The van der Waals surface area contributed by atoms with E-state index in [4.69, 9.17) is 0 Å². The lowest BCUT2D eigenvalue weighted by molar-refractivity contribution is -0.137. The van der Waals surface area contributed by atoms with Crippen molar-refractivity contribution in [2.45, 2.75) is 50.4 Å². The summed E-state index contributed by atoms with van der Waals surface area (Å²) in [6, 6.07) is 3.44. The Morgan fingerprint density at radius 1 is 1.33 bits per heavy atom. The highest BCUT2D eigenvalue weighted by atomic mass is 19.4. The molecule has 2 amide bonds. The number of urea groups is 1. The van der Waals surface area contributed by atoms with Gasteiger partial charge in [0.15, 0.2) is 0 Å². The highest BCUT2D eigenvalue weighted by Crippen LogP contribution is 2.55. The highest BCUT2D eigenvalue weighted by molar-refractivity contribution is 5.75. The molecule has 132 valence electrons. The fourth-order valence-electron chi connectivity index (χ4n) is 3.72. The number of aliphatic hydroxyl groups is 1. The molecule has 3 rings (SSSR count). The molecule has 0 radical (unpaired) electrons. The maximum atomic E-state index is 12.8. The van der Waals surface area contributed by atoms with Gasteiger partial charge in [0.2, 0.25) is 0 Å². The second kappa shape index (κ2) is 6.27. The van der Waals surface area contributed by atoms with E-state index in [1.807, 2.05) is 0 Å². The maximum absolute atomic E-state index is 12.8. The van der Waals surface area contributed by atoms with E-state index < -0.39 is 30.4 Å². The normalized spacial score (nSPS) is 20.8. The third-order valence-corrected chi connectivity index (χ3v) is 5.21. The molecule has 1 atom stereocenters. The predicted molar refractivity (Wildman–Crippen MR) is 82.2 cm³/mol. The monoisotopic (exact) mass is 342 g/mol. The smallest absolute Gasteiger partial charge is 0.394 e. The first-order valence-electron chi connectivity index (χ1n) is 8.16. The van der Waals surface area contributed by atoms with Crippen molar-refractivity contribution in [2.75, 3.05) is 6.61 Å². The number of aliphatic hydroxyl groups excluding tert-OH is 1. The highest BCUT2D eigenvalue weighted by Gasteiger charge is 2.48. The summed E-state index contributed by atoms with van der Waals surface area (Å²) in [5, 5.41) is 14.8. The standard InChI is InChI=1S/C17H21F3N2O2/c18-17(19,20)12-4-1-3-11(7-12)14(10-23)22-15(24)21-13-8-16(9-13)5-2-6-16/h1,3-4,7,13-14,23H,2,5-6,8-10H2,(H2,21,22,24). The van der Waals surface area contributed by atoms with Gasteiger partial charge in [-0.05, 0) is 48.8 Å². The van der Waals surface area contributed by atoms with Crippen molar-refractivity contribution in [3.05, 3.63) is 35.4 Å². The largest absolute Gasteiger partial charge is 0.416 e. The number of halogens is 3. The van der Waals surface area contributed by atoms with Crippen LogP contribution in [0.4, 0.5) is 18.0 Å². The van der Waals surface area contributed by atoms with Gasteiger partial charge in [0, 0.05) is 6.04 Å². The molecule has 1 aromatic rings. The van der Waals surface area contributed by atoms with Gasteiger partial charge in [0.1, 0.15) is 0 Å². The molecule has 2 aliphatic carbocycles. The lowest BCUT2D eigenvalue weighted by Crippen LogP contribution is -2.55. The Labute approximate surface area is 138 Å². The van der Waals surface area contributed by atoms with E-state index in [0.29, 0.717) is 5.41 Å². The zero-order valence-electron chi connectivity index (χ0n) is 13.2. The number of benzene rings is 1. The lowest BCUT2D eigenvalue weighted by Gasteiger charge is -2.54. The maximum Gasteiger partial charge on any atom is 0.416 e. The van der Waals surface area contributed by atoms with Crippen LogP contribution in [0.3, 0.4) is 0 Å². The van der Waals surface area contributed by atoms with Crippen LogP contribution in [0.1, 0.15) is 49.3 Å². The fourth-order valence-corrected chi connectivity index (χ4v) is 3.72. The summed E-state index contributed by atoms with van der Waals surface area (Å²) >= 11 is 0. The van der Waals surface area contributed by atoms with Crippen molar-refractivity contribution in [1.29, 1.82) is 0 Å². The van der Waals surface area contributed by atoms with Crippen molar-refractivity contribution < 1.29 is 23.1 Å². The van der Waals surface area contributed by atoms with Gasteiger partial charge in [-0.15, -0.1) is 0 Å². The molecule has 2 saturated carbocycles. The van der Waals surface area contributed by atoms with Crippen LogP contribution >= 0.6 is 0 Å². The van der Waals surface area contributed by atoms with Gasteiger partial charge in [0.05, 0.1) is 18.2 Å². The van der Waals surface area contributed by atoms with Crippen LogP contribution in [0.5, 0.6) is 0 Å². The number of carbonyl (C=O) groups excluding carboxylic acids is 1. The van der Waals surface area contributed by atoms with E-state index >= 15 is 0 Å². The number of hydrogen-bond acceptors (Lipinski definition) is 2. The molecular weight excluding hydrogens is 321 g/mol. The second-order valence-electron chi connectivity index (χ2n) is 6.93. The first-order chi connectivity index (χ1) is 11.3. The number of carbonyl (C=O) groups is 1. The number of rotatable bonds is 4. The van der Waals surface area contributed by atoms with Crippen LogP contribution in [-0.2, 0) is 6.18 Å². The summed E-state index contributed by atoms with van der Waals surface area (Å²) in [7, 11) is 0. The van der Waals surface area contributed by atoms with Crippen LogP contribution in [0, 0.1) is 5.41 Å². The van der Waals surface area contributed by atoms with Gasteiger partial charge < -0.3 is 15.7 Å². The van der Waals surface area contributed by atoms with Gasteiger partial charge in [-0.2, -0.15) is 13.2 Å². The molecule has 3 N–H and O–H groups in total.